The van der Waals surface area contributed by atoms with Gasteiger partial charge in [0.15, 0.2) is 11.5 Å². The molecular formula is C13H7Cl2NO2. The number of nitriles is 1. The van der Waals surface area contributed by atoms with E-state index in [2.05, 4.69) is 0 Å². The van der Waals surface area contributed by atoms with Gasteiger partial charge in [-0.05, 0) is 29.8 Å². The molecule has 0 saturated heterocycles. The normalized spacial score (nSPS) is 11.8. The van der Waals surface area contributed by atoms with Gasteiger partial charge >= 0.3 is 0 Å². The summed E-state index contributed by atoms with van der Waals surface area (Å²) in [5, 5.41) is 19.8. The highest BCUT2D eigenvalue weighted by atomic mass is 35.5. The quantitative estimate of drug-likeness (QED) is 0.649. The Bertz CT molecular complexity index is 640. The Morgan fingerprint density at radius 2 is 2.00 bits per heavy atom. The van der Waals surface area contributed by atoms with Crippen LogP contribution >= 0.6 is 23.2 Å². The van der Waals surface area contributed by atoms with Gasteiger partial charge in [-0.15, -0.1) is 0 Å². The number of aliphatic hydroxyl groups excluding tert-OH is 1. The molecule has 0 spiro atoms. The van der Waals surface area contributed by atoms with Crippen LogP contribution in [0.3, 0.4) is 0 Å². The second kappa shape index (κ2) is 5.18. The van der Waals surface area contributed by atoms with Gasteiger partial charge in [0.25, 0.3) is 0 Å². The molecule has 1 N–H and O–H groups in total. The summed E-state index contributed by atoms with van der Waals surface area (Å²) in [6.07, 6.45) is 1.41. The molecule has 0 radical (unpaired) electrons. The van der Waals surface area contributed by atoms with Crippen LogP contribution in [-0.4, -0.2) is 5.11 Å². The van der Waals surface area contributed by atoms with Gasteiger partial charge in [0.1, 0.15) is 11.6 Å². The number of hydrogen-bond donors (Lipinski definition) is 1. The van der Waals surface area contributed by atoms with Crippen LogP contribution in [0.4, 0.5) is 0 Å². The zero-order valence-corrected chi connectivity index (χ0v) is 10.5. The zero-order valence-electron chi connectivity index (χ0n) is 9.02. The standard InChI is InChI=1S/C13H7Cl2NO2/c14-10-4-3-8(6-11(10)15)9(7-16)13(17)12-2-1-5-18-12/h1-6,17H/b13-9-. The number of aliphatic hydroxyl groups is 1. The van der Waals surface area contributed by atoms with Gasteiger partial charge in [0.2, 0.25) is 0 Å². The Kier molecular flexibility index (Phi) is 3.61. The summed E-state index contributed by atoms with van der Waals surface area (Å²) in [7, 11) is 0. The van der Waals surface area contributed by atoms with Crippen LogP contribution in [0.2, 0.25) is 10.0 Å². The van der Waals surface area contributed by atoms with Crippen molar-refractivity contribution in [1.29, 1.82) is 5.26 Å². The summed E-state index contributed by atoms with van der Waals surface area (Å²) >= 11 is 11.7. The Morgan fingerprint density at radius 3 is 2.56 bits per heavy atom. The number of furan rings is 1. The maximum atomic E-state index is 9.97. The van der Waals surface area contributed by atoms with Gasteiger partial charge in [-0.2, -0.15) is 5.26 Å². The molecule has 1 aromatic carbocycles. The van der Waals surface area contributed by atoms with Crippen LogP contribution in [0.5, 0.6) is 0 Å². The molecule has 1 heterocycles. The molecule has 0 aliphatic carbocycles. The third kappa shape index (κ3) is 2.35. The highest BCUT2D eigenvalue weighted by molar-refractivity contribution is 6.42. The molecule has 2 aromatic rings. The lowest BCUT2D eigenvalue weighted by Gasteiger charge is -2.04. The number of hydrogen-bond acceptors (Lipinski definition) is 3. The smallest absolute Gasteiger partial charge is 0.177 e. The summed E-state index contributed by atoms with van der Waals surface area (Å²) in [5.41, 5.74) is 0.546. The Morgan fingerprint density at radius 1 is 1.22 bits per heavy atom. The van der Waals surface area contributed by atoms with Gasteiger partial charge in [0.05, 0.1) is 16.3 Å². The van der Waals surface area contributed by atoms with E-state index in [1.165, 1.54) is 12.3 Å². The molecule has 0 fully saturated rings. The van der Waals surface area contributed by atoms with Crippen molar-refractivity contribution in [2.75, 3.05) is 0 Å². The van der Waals surface area contributed by atoms with E-state index in [0.717, 1.165) is 0 Å². The predicted octanol–water partition coefficient (Wildman–Crippen LogP) is 4.54. The summed E-state index contributed by atoms with van der Waals surface area (Å²) in [6, 6.07) is 9.78. The SMILES string of the molecule is N#C/C(=C(/O)c1ccco1)c1ccc(Cl)c(Cl)c1. The first-order valence-electron chi connectivity index (χ1n) is 4.96. The van der Waals surface area contributed by atoms with Crippen LogP contribution in [0.25, 0.3) is 11.3 Å². The summed E-state index contributed by atoms with van der Waals surface area (Å²) in [4.78, 5) is 0. The molecule has 0 saturated carbocycles. The van der Waals surface area contributed by atoms with Gasteiger partial charge < -0.3 is 9.52 Å². The number of allylic oxidation sites excluding steroid dienone is 1. The molecule has 0 aliphatic rings. The first kappa shape index (κ1) is 12.6. The topological polar surface area (TPSA) is 57.2 Å². The molecule has 2 rings (SSSR count). The fraction of sp³-hybridized carbons (Fsp3) is 0. The van der Waals surface area contributed by atoms with E-state index in [9.17, 15) is 5.11 Å². The van der Waals surface area contributed by atoms with Gasteiger partial charge in [-0.3, -0.25) is 0 Å². The number of nitrogens with zero attached hydrogens (tertiary/aromatic N) is 1. The van der Waals surface area contributed by atoms with Gasteiger partial charge in [-0.25, -0.2) is 0 Å². The lowest BCUT2D eigenvalue weighted by molar-refractivity contribution is 0.461. The van der Waals surface area contributed by atoms with Gasteiger partial charge in [-0.1, -0.05) is 29.3 Å². The maximum Gasteiger partial charge on any atom is 0.177 e. The minimum Gasteiger partial charge on any atom is -0.503 e. The Labute approximate surface area is 113 Å². The van der Waals surface area contributed by atoms with Crippen LogP contribution < -0.4 is 0 Å². The van der Waals surface area contributed by atoms with E-state index < -0.39 is 0 Å². The second-order valence-corrected chi connectivity index (χ2v) is 4.26. The number of halogens is 2. The zero-order chi connectivity index (χ0) is 13.1. The van der Waals surface area contributed by atoms with Crippen molar-refractivity contribution in [2.24, 2.45) is 0 Å². The first-order valence-corrected chi connectivity index (χ1v) is 5.71. The van der Waals surface area contributed by atoms with Crippen molar-refractivity contribution in [3.8, 4) is 6.07 Å². The highest BCUT2D eigenvalue weighted by Gasteiger charge is 2.13. The molecule has 0 atom stereocenters. The largest absolute Gasteiger partial charge is 0.503 e. The molecule has 90 valence electrons. The van der Waals surface area contributed by atoms with E-state index in [4.69, 9.17) is 32.9 Å². The van der Waals surface area contributed by atoms with E-state index in [0.29, 0.717) is 15.6 Å². The fourth-order valence-electron chi connectivity index (χ4n) is 1.44. The van der Waals surface area contributed by atoms with Crippen molar-refractivity contribution in [2.45, 2.75) is 0 Å². The molecular weight excluding hydrogens is 273 g/mol. The van der Waals surface area contributed by atoms with Crippen molar-refractivity contribution >= 4 is 34.5 Å². The summed E-state index contributed by atoms with van der Waals surface area (Å²) in [5.74, 6) is -0.0153. The van der Waals surface area contributed by atoms with Crippen molar-refractivity contribution in [1.82, 2.24) is 0 Å². The molecule has 1 aromatic heterocycles. The van der Waals surface area contributed by atoms with Crippen LogP contribution in [0.1, 0.15) is 11.3 Å². The summed E-state index contributed by atoms with van der Waals surface area (Å²) < 4.78 is 5.04. The van der Waals surface area contributed by atoms with Crippen LogP contribution in [0, 0.1) is 11.3 Å². The van der Waals surface area contributed by atoms with Crippen LogP contribution in [-0.2, 0) is 0 Å². The minimum absolute atomic E-state index is 0.0727. The molecule has 5 heteroatoms. The van der Waals surface area contributed by atoms with E-state index in [-0.39, 0.29) is 17.1 Å². The predicted molar refractivity (Wildman–Crippen MR) is 70.2 cm³/mol. The van der Waals surface area contributed by atoms with Gasteiger partial charge in [0, 0.05) is 0 Å². The Hall–Kier alpha value is -1.89. The minimum atomic E-state index is -0.235. The molecule has 18 heavy (non-hydrogen) atoms. The van der Waals surface area contributed by atoms with Crippen molar-refractivity contribution < 1.29 is 9.52 Å². The molecule has 3 nitrogen and oxygen atoms in total. The molecule has 0 aliphatic heterocycles. The van der Waals surface area contributed by atoms with E-state index >= 15 is 0 Å². The van der Waals surface area contributed by atoms with Crippen molar-refractivity contribution in [3.05, 3.63) is 58.0 Å². The van der Waals surface area contributed by atoms with E-state index in [1.54, 1.807) is 24.3 Å². The molecule has 0 amide bonds. The third-order valence-corrected chi connectivity index (χ3v) is 3.05. The van der Waals surface area contributed by atoms with Crippen LogP contribution in [0.15, 0.2) is 41.0 Å². The highest BCUT2D eigenvalue weighted by Crippen LogP contribution is 2.29. The molecule has 0 unspecified atom stereocenters. The van der Waals surface area contributed by atoms with Crippen molar-refractivity contribution in [3.63, 3.8) is 0 Å². The third-order valence-electron chi connectivity index (χ3n) is 2.31. The lowest BCUT2D eigenvalue weighted by Crippen LogP contribution is -1.89. The van der Waals surface area contributed by atoms with E-state index in [1.807, 2.05) is 6.07 Å². The molecule has 0 bridgehead atoms. The first-order chi connectivity index (χ1) is 8.63. The number of rotatable bonds is 2. The maximum absolute atomic E-state index is 9.97. The fourth-order valence-corrected chi connectivity index (χ4v) is 1.74. The second-order valence-electron chi connectivity index (χ2n) is 3.44. The summed E-state index contributed by atoms with van der Waals surface area (Å²) in [6.45, 7) is 0. The average Bonchev–Trinajstić information content (AvgIpc) is 2.88. The Balaban J connectivity index is 2.55. The lowest BCUT2D eigenvalue weighted by atomic mass is 10.1. The number of benzene rings is 1. The average molecular weight is 280 g/mol. The monoisotopic (exact) mass is 279 g/mol.